The van der Waals surface area contributed by atoms with Crippen LogP contribution in [0.2, 0.25) is 0 Å². The van der Waals surface area contributed by atoms with Crippen molar-refractivity contribution in [1.29, 1.82) is 0 Å². The van der Waals surface area contributed by atoms with Crippen molar-refractivity contribution in [2.75, 3.05) is 12.5 Å². The van der Waals surface area contributed by atoms with Crippen molar-refractivity contribution >= 4 is 33.2 Å². The van der Waals surface area contributed by atoms with E-state index >= 15 is 0 Å². The molecule has 0 saturated heterocycles. The third-order valence-electron chi connectivity index (χ3n) is 5.27. The molecule has 3 rings (SSSR count). The van der Waals surface area contributed by atoms with E-state index in [2.05, 4.69) is 67.9 Å². The van der Waals surface area contributed by atoms with E-state index in [1.807, 2.05) is 30.3 Å². The Kier molecular flexibility index (Phi) is 7.42. The highest BCUT2D eigenvalue weighted by atomic mass is 32.2. The summed E-state index contributed by atoms with van der Waals surface area (Å²) in [5.74, 6) is 0. The van der Waals surface area contributed by atoms with Crippen molar-refractivity contribution in [3.63, 3.8) is 0 Å². The molecule has 0 aliphatic carbocycles. The summed E-state index contributed by atoms with van der Waals surface area (Å²) in [5.41, 5.74) is 4.15. The molecule has 0 radical (unpaired) electrons. The van der Waals surface area contributed by atoms with E-state index in [1.165, 1.54) is 16.7 Å². The third kappa shape index (κ3) is 6.33. The average Bonchev–Trinajstić information content (AvgIpc) is 2.76. The van der Waals surface area contributed by atoms with Gasteiger partial charge in [-0.2, -0.15) is 0 Å². The Morgan fingerprint density at radius 2 is 1.55 bits per heavy atom. The van der Waals surface area contributed by atoms with Gasteiger partial charge in [-0.25, -0.2) is 8.42 Å². The lowest BCUT2D eigenvalue weighted by Gasteiger charge is -2.31. The maximum Gasteiger partial charge on any atom is 0.175 e. The van der Waals surface area contributed by atoms with Gasteiger partial charge in [-0.1, -0.05) is 54.6 Å². The van der Waals surface area contributed by atoms with Crippen LogP contribution in [0.4, 0.5) is 0 Å². The minimum atomic E-state index is -3.21. The van der Waals surface area contributed by atoms with E-state index in [0.29, 0.717) is 4.90 Å². The van der Waals surface area contributed by atoms with Gasteiger partial charge in [-0.05, 0) is 72.7 Å². The fourth-order valence-electron chi connectivity index (χ4n) is 3.39. The first kappa shape index (κ1) is 23.3. The van der Waals surface area contributed by atoms with E-state index in [1.54, 1.807) is 23.9 Å². The predicted octanol–water partition coefficient (Wildman–Crippen LogP) is 5.92. The molecule has 0 unspecified atom stereocenters. The summed E-state index contributed by atoms with van der Waals surface area (Å²) < 4.78 is 23.6. The summed E-state index contributed by atoms with van der Waals surface area (Å²) >= 11 is 1.72. The SMILES string of the molecule is CSc1ccc(/C(=C\c2ccc(S(C)(=O)=O)cc2)C(C)(C)NCc2ccccc2)cc1. The molecule has 31 heavy (non-hydrogen) atoms. The summed E-state index contributed by atoms with van der Waals surface area (Å²) in [5, 5.41) is 3.69. The molecule has 0 aliphatic heterocycles. The Morgan fingerprint density at radius 3 is 2.10 bits per heavy atom. The van der Waals surface area contributed by atoms with Crippen molar-refractivity contribution in [2.24, 2.45) is 0 Å². The van der Waals surface area contributed by atoms with E-state index in [9.17, 15) is 8.42 Å². The van der Waals surface area contributed by atoms with Crippen molar-refractivity contribution in [3.8, 4) is 0 Å². The fourth-order valence-corrected chi connectivity index (χ4v) is 4.43. The van der Waals surface area contributed by atoms with E-state index in [0.717, 1.165) is 23.2 Å². The number of sulfone groups is 1. The Labute approximate surface area is 190 Å². The minimum Gasteiger partial charge on any atom is -0.304 e. The first-order chi connectivity index (χ1) is 14.7. The highest BCUT2D eigenvalue weighted by molar-refractivity contribution is 7.98. The highest BCUT2D eigenvalue weighted by Crippen LogP contribution is 2.31. The van der Waals surface area contributed by atoms with Crippen LogP contribution in [0.5, 0.6) is 0 Å². The van der Waals surface area contributed by atoms with Gasteiger partial charge in [-0.3, -0.25) is 0 Å². The van der Waals surface area contributed by atoms with Gasteiger partial charge in [-0.15, -0.1) is 11.8 Å². The second-order valence-electron chi connectivity index (χ2n) is 8.09. The van der Waals surface area contributed by atoms with Crippen molar-refractivity contribution in [3.05, 3.63) is 95.6 Å². The second kappa shape index (κ2) is 9.86. The number of benzene rings is 3. The molecule has 0 amide bonds. The Balaban J connectivity index is 1.98. The first-order valence-corrected chi connectivity index (χ1v) is 13.3. The van der Waals surface area contributed by atoms with Crippen LogP contribution in [-0.4, -0.2) is 26.5 Å². The topological polar surface area (TPSA) is 46.2 Å². The van der Waals surface area contributed by atoms with Crippen LogP contribution in [0.25, 0.3) is 11.6 Å². The molecule has 0 aliphatic rings. The van der Waals surface area contributed by atoms with Crippen LogP contribution >= 0.6 is 11.8 Å². The summed E-state index contributed by atoms with van der Waals surface area (Å²) in [7, 11) is -3.21. The van der Waals surface area contributed by atoms with Gasteiger partial charge in [0.05, 0.1) is 4.90 Å². The highest BCUT2D eigenvalue weighted by Gasteiger charge is 2.24. The fraction of sp³-hybridized carbons (Fsp3) is 0.231. The second-order valence-corrected chi connectivity index (χ2v) is 11.0. The summed E-state index contributed by atoms with van der Waals surface area (Å²) in [6.07, 6.45) is 5.44. The molecule has 0 spiro atoms. The molecular formula is C26H29NO2S2. The smallest absolute Gasteiger partial charge is 0.175 e. The van der Waals surface area contributed by atoms with Crippen LogP contribution in [0.1, 0.15) is 30.5 Å². The van der Waals surface area contributed by atoms with E-state index < -0.39 is 9.84 Å². The molecule has 0 bridgehead atoms. The van der Waals surface area contributed by atoms with Crippen molar-refractivity contribution in [2.45, 2.75) is 35.7 Å². The summed E-state index contributed by atoms with van der Waals surface area (Å²) in [4.78, 5) is 1.55. The summed E-state index contributed by atoms with van der Waals surface area (Å²) in [6, 6.07) is 26.0. The van der Waals surface area contributed by atoms with Gasteiger partial charge in [0.25, 0.3) is 0 Å². The van der Waals surface area contributed by atoms with Gasteiger partial charge in [0, 0.05) is 23.2 Å². The minimum absolute atomic E-state index is 0.313. The third-order valence-corrected chi connectivity index (χ3v) is 7.14. The van der Waals surface area contributed by atoms with Gasteiger partial charge in [0.2, 0.25) is 0 Å². The molecule has 162 valence electrons. The molecule has 0 aromatic heterocycles. The standard InChI is InChI=1S/C26H29NO2S2/c1-26(2,27-19-21-8-6-5-7-9-21)25(22-12-14-23(30-3)15-13-22)18-20-10-16-24(17-11-20)31(4,28)29/h5-18,27H,19H2,1-4H3/b25-18+. The lowest BCUT2D eigenvalue weighted by Crippen LogP contribution is -2.39. The molecule has 0 fully saturated rings. The Hall–Kier alpha value is -2.34. The largest absolute Gasteiger partial charge is 0.304 e. The van der Waals surface area contributed by atoms with Crippen LogP contribution < -0.4 is 5.32 Å². The molecule has 3 aromatic rings. The molecule has 5 heteroatoms. The monoisotopic (exact) mass is 451 g/mol. The lowest BCUT2D eigenvalue weighted by atomic mass is 9.86. The molecule has 1 N–H and O–H groups in total. The summed E-state index contributed by atoms with van der Waals surface area (Å²) in [6.45, 7) is 5.10. The van der Waals surface area contributed by atoms with Gasteiger partial charge in [0.1, 0.15) is 0 Å². The van der Waals surface area contributed by atoms with E-state index in [-0.39, 0.29) is 5.54 Å². The zero-order chi connectivity index (χ0) is 22.5. The van der Waals surface area contributed by atoms with Crippen LogP contribution in [-0.2, 0) is 16.4 Å². The number of hydrogen-bond acceptors (Lipinski definition) is 4. The van der Waals surface area contributed by atoms with Gasteiger partial charge >= 0.3 is 0 Å². The van der Waals surface area contributed by atoms with Crippen LogP contribution in [0.3, 0.4) is 0 Å². The van der Waals surface area contributed by atoms with Crippen molar-refractivity contribution < 1.29 is 8.42 Å². The molecular weight excluding hydrogens is 422 g/mol. The number of rotatable bonds is 8. The Bertz CT molecular complexity index is 1130. The lowest BCUT2D eigenvalue weighted by molar-refractivity contribution is 0.490. The first-order valence-electron chi connectivity index (χ1n) is 10.1. The quantitative estimate of drug-likeness (QED) is 0.341. The van der Waals surface area contributed by atoms with Crippen LogP contribution in [0, 0.1) is 0 Å². The average molecular weight is 452 g/mol. The number of thioether (sulfide) groups is 1. The number of hydrogen-bond donors (Lipinski definition) is 1. The maximum absolute atomic E-state index is 11.8. The predicted molar refractivity (Wildman–Crippen MR) is 133 cm³/mol. The molecule has 0 heterocycles. The van der Waals surface area contributed by atoms with Gasteiger partial charge < -0.3 is 5.32 Å². The molecule has 0 atom stereocenters. The van der Waals surface area contributed by atoms with Crippen LogP contribution in [0.15, 0.2) is 88.7 Å². The number of nitrogens with one attached hydrogen (secondary N) is 1. The molecule has 3 nitrogen and oxygen atoms in total. The van der Waals surface area contributed by atoms with Gasteiger partial charge in [0.15, 0.2) is 9.84 Å². The zero-order valence-electron chi connectivity index (χ0n) is 18.4. The van der Waals surface area contributed by atoms with E-state index in [4.69, 9.17) is 0 Å². The zero-order valence-corrected chi connectivity index (χ0v) is 20.1. The molecule has 3 aromatic carbocycles. The molecule has 0 saturated carbocycles. The Morgan fingerprint density at radius 1 is 0.935 bits per heavy atom. The maximum atomic E-state index is 11.8. The van der Waals surface area contributed by atoms with Crippen molar-refractivity contribution in [1.82, 2.24) is 5.32 Å². The normalized spacial score (nSPS) is 12.7.